The summed E-state index contributed by atoms with van der Waals surface area (Å²) in [6.07, 6.45) is 1.43. The van der Waals surface area contributed by atoms with Crippen molar-refractivity contribution < 1.29 is 13.2 Å². The van der Waals surface area contributed by atoms with Crippen LogP contribution in [-0.2, 0) is 10.0 Å². The Labute approximate surface area is 181 Å². The Hall–Kier alpha value is -3.96. The quantitative estimate of drug-likeness (QED) is 0.456. The molecule has 0 spiro atoms. The molecule has 0 fully saturated rings. The predicted molar refractivity (Wildman–Crippen MR) is 119 cm³/mol. The Morgan fingerprint density at radius 1 is 1.03 bits per heavy atom. The van der Waals surface area contributed by atoms with E-state index in [9.17, 15) is 13.2 Å². The van der Waals surface area contributed by atoms with Gasteiger partial charge in [-0.2, -0.15) is 10.4 Å². The third-order valence-electron chi connectivity index (χ3n) is 4.45. The van der Waals surface area contributed by atoms with Crippen LogP contribution in [0.5, 0.6) is 0 Å². The number of nitrogens with zero attached hydrogens (tertiary/aromatic N) is 2. The molecule has 8 heteroatoms. The molecule has 3 aromatic rings. The van der Waals surface area contributed by atoms with E-state index in [2.05, 4.69) is 15.2 Å². The zero-order valence-corrected chi connectivity index (χ0v) is 17.8. The maximum absolute atomic E-state index is 12.8. The molecule has 0 bridgehead atoms. The highest BCUT2D eigenvalue weighted by atomic mass is 32.2. The molecular formula is C23H20N4O3S. The smallest absolute Gasteiger partial charge is 0.271 e. The molecule has 0 aliphatic heterocycles. The van der Waals surface area contributed by atoms with Crippen molar-refractivity contribution in [2.45, 2.75) is 18.7 Å². The molecule has 0 unspecified atom stereocenters. The average Bonchev–Trinajstić information content (AvgIpc) is 2.76. The van der Waals surface area contributed by atoms with E-state index in [-0.39, 0.29) is 10.5 Å². The van der Waals surface area contributed by atoms with Crippen LogP contribution in [0.3, 0.4) is 0 Å². The minimum atomic E-state index is -3.87. The number of rotatable bonds is 6. The van der Waals surface area contributed by atoms with Gasteiger partial charge in [0.2, 0.25) is 0 Å². The van der Waals surface area contributed by atoms with E-state index in [1.165, 1.54) is 30.5 Å². The van der Waals surface area contributed by atoms with Crippen LogP contribution in [0.15, 0.2) is 76.7 Å². The van der Waals surface area contributed by atoms with Gasteiger partial charge in [0.05, 0.1) is 28.4 Å². The number of carbonyl (C=O) groups excluding carboxylic acids is 1. The Balaban J connectivity index is 1.73. The van der Waals surface area contributed by atoms with Crippen molar-refractivity contribution in [2.24, 2.45) is 5.10 Å². The minimum Gasteiger partial charge on any atom is -0.279 e. The highest BCUT2D eigenvalue weighted by Gasteiger charge is 2.17. The maximum Gasteiger partial charge on any atom is 0.271 e. The molecule has 2 N–H and O–H groups in total. The van der Waals surface area contributed by atoms with E-state index in [1.54, 1.807) is 30.3 Å². The van der Waals surface area contributed by atoms with Gasteiger partial charge in [0.1, 0.15) is 0 Å². The lowest BCUT2D eigenvalue weighted by Gasteiger charge is -2.12. The van der Waals surface area contributed by atoms with E-state index < -0.39 is 15.9 Å². The summed E-state index contributed by atoms with van der Waals surface area (Å²) in [6, 6.07) is 19.8. The molecule has 7 nitrogen and oxygen atoms in total. The second kappa shape index (κ2) is 9.24. The van der Waals surface area contributed by atoms with Gasteiger partial charge in [-0.1, -0.05) is 35.9 Å². The van der Waals surface area contributed by atoms with E-state index >= 15 is 0 Å². The van der Waals surface area contributed by atoms with Gasteiger partial charge in [0, 0.05) is 5.56 Å². The number of benzene rings is 3. The lowest BCUT2D eigenvalue weighted by molar-refractivity contribution is 0.0955. The number of nitrogens with one attached hydrogen (secondary N) is 2. The molecule has 0 radical (unpaired) electrons. The first kappa shape index (κ1) is 21.7. The summed E-state index contributed by atoms with van der Waals surface area (Å²) in [7, 11) is -3.87. The van der Waals surface area contributed by atoms with Gasteiger partial charge < -0.3 is 0 Å². The number of carbonyl (C=O) groups is 1. The van der Waals surface area contributed by atoms with Crippen molar-refractivity contribution in [2.75, 3.05) is 4.72 Å². The van der Waals surface area contributed by atoms with Crippen molar-refractivity contribution in [3.8, 4) is 6.07 Å². The monoisotopic (exact) mass is 432 g/mol. The second-order valence-corrected chi connectivity index (χ2v) is 8.57. The highest BCUT2D eigenvalue weighted by Crippen LogP contribution is 2.21. The summed E-state index contributed by atoms with van der Waals surface area (Å²) < 4.78 is 28.1. The number of nitriles is 1. The fraction of sp³-hybridized carbons (Fsp3) is 0.0870. The predicted octanol–water partition coefficient (Wildman–Crippen LogP) is 3.74. The van der Waals surface area contributed by atoms with Crippen LogP contribution < -0.4 is 10.1 Å². The van der Waals surface area contributed by atoms with Gasteiger partial charge in [-0.05, 0) is 61.4 Å². The molecule has 0 heterocycles. The van der Waals surface area contributed by atoms with E-state index in [1.807, 2.05) is 32.0 Å². The summed E-state index contributed by atoms with van der Waals surface area (Å²) in [5.74, 6) is -0.548. The Kier molecular flexibility index (Phi) is 6.48. The number of anilines is 1. The number of sulfonamides is 1. The highest BCUT2D eigenvalue weighted by molar-refractivity contribution is 7.92. The van der Waals surface area contributed by atoms with E-state index in [0.717, 1.165) is 11.1 Å². The molecule has 0 saturated carbocycles. The Bertz CT molecular complexity index is 1290. The summed E-state index contributed by atoms with van der Waals surface area (Å²) in [5, 5.41) is 12.7. The first-order valence-corrected chi connectivity index (χ1v) is 10.8. The molecule has 3 rings (SSSR count). The first-order valence-electron chi connectivity index (χ1n) is 9.32. The van der Waals surface area contributed by atoms with Crippen LogP contribution in [-0.4, -0.2) is 20.5 Å². The zero-order valence-electron chi connectivity index (χ0n) is 17.0. The zero-order chi connectivity index (χ0) is 22.4. The molecule has 0 aliphatic carbocycles. The second-order valence-electron chi connectivity index (χ2n) is 6.88. The molecule has 0 aromatic heterocycles. The van der Waals surface area contributed by atoms with Crippen LogP contribution in [0.4, 0.5) is 5.69 Å². The number of hydrazone groups is 1. The molecule has 0 aliphatic rings. The lowest BCUT2D eigenvalue weighted by atomic mass is 10.1. The number of hydrogen-bond donors (Lipinski definition) is 2. The number of aryl methyl sites for hydroxylation is 2. The fourth-order valence-electron chi connectivity index (χ4n) is 2.81. The average molecular weight is 433 g/mol. The van der Waals surface area contributed by atoms with Crippen molar-refractivity contribution in [3.05, 3.63) is 94.5 Å². The van der Waals surface area contributed by atoms with Gasteiger partial charge in [-0.3, -0.25) is 9.52 Å². The minimum absolute atomic E-state index is 0.0313. The van der Waals surface area contributed by atoms with Crippen LogP contribution >= 0.6 is 0 Å². The molecular weight excluding hydrogens is 412 g/mol. The SMILES string of the molecule is Cc1ccc(NS(=O)(=O)c2cccc(C(=O)N/N=C/c3ccc(C#N)cc3)c2)c(C)c1. The molecule has 1 amide bonds. The van der Waals surface area contributed by atoms with Gasteiger partial charge in [-0.15, -0.1) is 0 Å². The van der Waals surface area contributed by atoms with Crippen molar-refractivity contribution >= 4 is 27.8 Å². The van der Waals surface area contributed by atoms with E-state index in [0.29, 0.717) is 16.8 Å². The normalized spacial score (nSPS) is 11.1. The van der Waals surface area contributed by atoms with Crippen molar-refractivity contribution in [1.82, 2.24) is 5.43 Å². The van der Waals surface area contributed by atoms with Gasteiger partial charge in [0.25, 0.3) is 15.9 Å². The fourth-order valence-corrected chi connectivity index (χ4v) is 3.99. The number of hydrogen-bond acceptors (Lipinski definition) is 5. The maximum atomic E-state index is 12.8. The molecule has 156 valence electrons. The van der Waals surface area contributed by atoms with E-state index in [4.69, 9.17) is 5.26 Å². The van der Waals surface area contributed by atoms with Crippen molar-refractivity contribution in [1.29, 1.82) is 5.26 Å². The Morgan fingerprint density at radius 2 is 1.77 bits per heavy atom. The number of amides is 1. The van der Waals surface area contributed by atoms with Gasteiger partial charge in [0.15, 0.2) is 0 Å². The molecule has 3 aromatic carbocycles. The van der Waals surface area contributed by atoms with Gasteiger partial charge >= 0.3 is 0 Å². The third-order valence-corrected chi connectivity index (χ3v) is 5.82. The van der Waals surface area contributed by atoms with Crippen molar-refractivity contribution in [3.63, 3.8) is 0 Å². The summed E-state index contributed by atoms with van der Waals surface area (Å²) in [5.41, 5.74) is 6.06. The van der Waals surface area contributed by atoms with Crippen LogP contribution in [0.2, 0.25) is 0 Å². The van der Waals surface area contributed by atoms with Gasteiger partial charge in [-0.25, -0.2) is 13.8 Å². The summed E-state index contributed by atoms with van der Waals surface area (Å²) in [4.78, 5) is 12.3. The Morgan fingerprint density at radius 3 is 2.45 bits per heavy atom. The van der Waals surface area contributed by atoms with Crippen LogP contribution in [0.1, 0.15) is 32.6 Å². The van der Waals surface area contributed by atoms with Crippen LogP contribution in [0, 0.1) is 25.2 Å². The molecule has 0 saturated heterocycles. The lowest BCUT2D eigenvalue weighted by Crippen LogP contribution is -2.19. The largest absolute Gasteiger partial charge is 0.279 e. The third kappa shape index (κ3) is 5.56. The molecule has 0 atom stereocenters. The summed E-state index contributed by atoms with van der Waals surface area (Å²) >= 11 is 0. The topological polar surface area (TPSA) is 111 Å². The first-order chi connectivity index (χ1) is 14.8. The standard InChI is InChI=1S/C23H20N4O3S/c1-16-6-11-22(17(2)12-16)27-31(29,30)21-5-3-4-20(13-21)23(28)26-25-15-19-9-7-18(14-24)8-10-19/h3-13,15,27H,1-2H3,(H,26,28)/b25-15+. The molecule has 31 heavy (non-hydrogen) atoms. The summed E-state index contributed by atoms with van der Waals surface area (Å²) in [6.45, 7) is 3.75. The van der Waals surface area contributed by atoms with Crippen LogP contribution in [0.25, 0.3) is 0 Å².